The summed E-state index contributed by atoms with van der Waals surface area (Å²) in [5, 5.41) is 2.27. The lowest BCUT2D eigenvalue weighted by molar-refractivity contribution is -0.132. The van der Waals surface area contributed by atoms with Gasteiger partial charge in [-0.1, -0.05) is 0 Å². The summed E-state index contributed by atoms with van der Waals surface area (Å²) in [5.74, 6) is 0.0643. The Morgan fingerprint density at radius 3 is 2.89 bits per heavy atom. The molecular formula is C11H14N4O3. The number of nitrogen functional groups attached to an aromatic ring is 1. The Balaban J connectivity index is 2.35. The highest BCUT2D eigenvalue weighted by Gasteiger charge is 2.31. The van der Waals surface area contributed by atoms with Crippen LogP contribution in [-0.4, -0.2) is 36.5 Å². The molecule has 1 saturated heterocycles. The van der Waals surface area contributed by atoms with E-state index in [4.69, 9.17) is 10.5 Å². The fraction of sp³-hybridized carbons (Fsp3) is 0.364. The molecule has 2 heterocycles. The predicted octanol–water partition coefficient (Wildman–Crippen LogP) is -0.476. The van der Waals surface area contributed by atoms with Crippen molar-refractivity contribution in [1.82, 2.24) is 10.3 Å². The van der Waals surface area contributed by atoms with Crippen LogP contribution in [0.3, 0.4) is 0 Å². The summed E-state index contributed by atoms with van der Waals surface area (Å²) in [6, 6.07) is 2.81. The van der Waals surface area contributed by atoms with E-state index in [1.807, 2.05) is 0 Å². The van der Waals surface area contributed by atoms with E-state index in [0.29, 0.717) is 11.5 Å². The molecule has 1 aromatic heterocycles. The van der Waals surface area contributed by atoms with Crippen LogP contribution in [0.15, 0.2) is 12.1 Å². The number of hydrogen-bond donors (Lipinski definition) is 2. The second-order valence-electron chi connectivity index (χ2n) is 3.98. The Kier molecular flexibility index (Phi) is 3.05. The molecule has 1 unspecified atom stereocenters. The van der Waals surface area contributed by atoms with Crippen LogP contribution in [0.1, 0.15) is 6.92 Å². The van der Waals surface area contributed by atoms with E-state index < -0.39 is 6.04 Å². The number of amides is 2. The van der Waals surface area contributed by atoms with Gasteiger partial charge in [-0.15, -0.1) is 0 Å². The number of nitrogens with zero attached hydrogens (tertiary/aromatic N) is 2. The molecule has 2 amide bonds. The van der Waals surface area contributed by atoms with Crippen LogP contribution in [-0.2, 0) is 9.59 Å². The molecule has 7 nitrogen and oxygen atoms in total. The van der Waals surface area contributed by atoms with Crippen LogP contribution in [0.2, 0.25) is 0 Å². The summed E-state index contributed by atoms with van der Waals surface area (Å²) in [7, 11) is 1.46. The van der Waals surface area contributed by atoms with Gasteiger partial charge >= 0.3 is 0 Å². The van der Waals surface area contributed by atoms with Gasteiger partial charge in [0.25, 0.3) is 0 Å². The minimum Gasteiger partial charge on any atom is -0.479 e. The van der Waals surface area contributed by atoms with Gasteiger partial charge in [0, 0.05) is 0 Å². The Morgan fingerprint density at radius 2 is 2.22 bits per heavy atom. The van der Waals surface area contributed by atoms with Gasteiger partial charge in [-0.3, -0.25) is 14.9 Å². The Labute approximate surface area is 104 Å². The number of anilines is 2. The lowest BCUT2D eigenvalue weighted by Crippen LogP contribution is -2.57. The number of imide groups is 1. The lowest BCUT2D eigenvalue weighted by Gasteiger charge is -2.32. The summed E-state index contributed by atoms with van der Waals surface area (Å²) < 4.78 is 5.02. The van der Waals surface area contributed by atoms with E-state index in [9.17, 15) is 9.59 Å². The molecule has 0 spiro atoms. The van der Waals surface area contributed by atoms with Gasteiger partial charge in [0.1, 0.15) is 11.9 Å². The molecule has 3 N–H and O–H groups in total. The van der Waals surface area contributed by atoms with Gasteiger partial charge in [0.05, 0.1) is 19.3 Å². The minimum absolute atomic E-state index is 0.0764. The van der Waals surface area contributed by atoms with Gasteiger partial charge in [-0.2, -0.15) is 4.98 Å². The van der Waals surface area contributed by atoms with E-state index in [1.54, 1.807) is 24.0 Å². The average molecular weight is 250 g/mol. The van der Waals surface area contributed by atoms with E-state index in [2.05, 4.69) is 10.3 Å². The van der Waals surface area contributed by atoms with Crippen LogP contribution in [0, 0.1) is 0 Å². The summed E-state index contributed by atoms with van der Waals surface area (Å²) in [5.41, 5.74) is 6.07. The first-order chi connectivity index (χ1) is 8.52. The molecule has 0 aliphatic carbocycles. The van der Waals surface area contributed by atoms with Crippen molar-refractivity contribution in [3.8, 4) is 5.88 Å². The first-order valence-electron chi connectivity index (χ1n) is 5.43. The van der Waals surface area contributed by atoms with E-state index in [1.165, 1.54) is 7.11 Å². The van der Waals surface area contributed by atoms with Crippen molar-refractivity contribution < 1.29 is 14.3 Å². The lowest BCUT2D eigenvalue weighted by atomic mass is 10.2. The van der Waals surface area contributed by atoms with Gasteiger partial charge < -0.3 is 15.4 Å². The second kappa shape index (κ2) is 4.52. The molecule has 1 aromatic rings. The number of ether oxygens (including phenoxy) is 1. The van der Waals surface area contributed by atoms with Crippen LogP contribution < -0.4 is 20.7 Å². The highest BCUT2D eigenvalue weighted by Crippen LogP contribution is 2.24. The number of nitrogens with two attached hydrogens (primary N) is 1. The Morgan fingerprint density at radius 1 is 1.50 bits per heavy atom. The molecule has 0 bridgehead atoms. The standard InChI is InChI=1S/C11H14N4O3/c1-6-10(17)14-9(16)5-15(6)8-4-3-7(12)11(13-8)18-2/h3-4,6H,5,12H2,1-2H3,(H,14,16,17). The third-order valence-electron chi connectivity index (χ3n) is 2.79. The monoisotopic (exact) mass is 250 g/mol. The maximum atomic E-state index is 11.6. The van der Waals surface area contributed by atoms with Crippen molar-refractivity contribution in [3.05, 3.63) is 12.1 Å². The van der Waals surface area contributed by atoms with Gasteiger partial charge in [-0.25, -0.2) is 0 Å². The zero-order valence-corrected chi connectivity index (χ0v) is 10.1. The maximum Gasteiger partial charge on any atom is 0.249 e. The second-order valence-corrected chi connectivity index (χ2v) is 3.98. The average Bonchev–Trinajstić information content (AvgIpc) is 2.34. The maximum absolute atomic E-state index is 11.6. The van der Waals surface area contributed by atoms with Crippen molar-refractivity contribution in [1.29, 1.82) is 0 Å². The summed E-state index contributed by atoms with van der Waals surface area (Å²) in [6.45, 7) is 1.78. The first-order valence-corrected chi connectivity index (χ1v) is 5.43. The fourth-order valence-corrected chi connectivity index (χ4v) is 1.76. The topological polar surface area (TPSA) is 97.5 Å². The number of nitrogens with one attached hydrogen (secondary N) is 1. The number of aromatic nitrogens is 1. The molecule has 1 atom stereocenters. The van der Waals surface area contributed by atoms with Crippen molar-refractivity contribution in [2.75, 3.05) is 24.3 Å². The highest BCUT2D eigenvalue weighted by molar-refractivity contribution is 6.04. The fourth-order valence-electron chi connectivity index (χ4n) is 1.76. The normalized spacial score (nSPS) is 19.7. The molecule has 1 aliphatic rings. The van der Waals surface area contributed by atoms with Crippen LogP contribution in [0.4, 0.5) is 11.5 Å². The van der Waals surface area contributed by atoms with E-state index in [-0.39, 0.29) is 24.2 Å². The number of piperazine rings is 1. The van der Waals surface area contributed by atoms with Crippen LogP contribution in [0.25, 0.3) is 0 Å². The molecule has 0 aromatic carbocycles. The molecule has 1 fully saturated rings. The van der Waals surface area contributed by atoms with Crippen molar-refractivity contribution in [3.63, 3.8) is 0 Å². The number of hydrogen-bond acceptors (Lipinski definition) is 6. The highest BCUT2D eigenvalue weighted by atomic mass is 16.5. The largest absolute Gasteiger partial charge is 0.479 e. The van der Waals surface area contributed by atoms with Crippen molar-refractivity contribution >= 4 is 23.3 Å². The van der Waals surface area contributed by atoms with Gasteiger partial charge in [0.15, 0.2) is 0 Å². The number of rotatable bonds is 2. The zero-order valence-electron chi connectivity index (χ0n) is 10.1. The number of carbonyl (C=O) groups excluding carboxylic acids is 2. The third-order valence-corrected chi connectivity index (χ3v) is 2.79. The smallest absolute Gasteiger partial charge is 0.249 e. The summed E-state index contributed by atoms with van der Waals surface area (Å²) in [4.78, 5) is 28.7. The predicted molar refractivity (Wildman–Crippen MR) is 65.2 cm³/mol. The SMILES string of the molecule is COc1nc(N2CC(=O)NC(=O)C2C)ccc1N. The Hall–Kier alpha value is -2.31. The quantitative estimate of drug-likeness (QED) is 0.688. The summed E-state index contributed by atoms with van der Waals surface area (Å²) >= 11 is 0. The molecule has 0 saturated carbocycles. The molecule has 18 heavy (non-hydrogen) atoms. The first kappa shape index (κ1) is 12.2. The Bertz CT molecular complexity index is 503. The number of methoxy groups -OCH3 is 1. The molecular weight excluding hydrogens is 236 g/mol. The summed E-state index contributed by atoms with van der Waals surface area (Å²) in [6.07, 6.45) is 0. The molecule has 96 valence electrons. The van der Waals surface area contributed by atoms with Crippen LogP contribution in [0.5, 0.6) is 5.88 Å². The minimum atomic E-state index is -0.469. The van der Waals surface area contributed by atoms with Crippen molar-refractivity contribution in [2.24, 2.45) is 0 Å². The third kappa shape index (κ3) is 2.06. The van der Waals surface area contributed by atoms with E-state index >= 15 is 0 Å². The van der Waals surface area contributed by atoms with Crippen molar-refractivity contribution in [2.45, 2.75) is 13.0 Å². The molecule has 1 aliphatic heterocycles. The van der Waals surface area contributed by atoms with Gasteiger partial charge in [-0.05, 0) is 19.1 Å². The molecule has 7 heteroatoms. The van der Waals surface area contributed by atoms with Gasteiger partial charge in [0.2, 0.25) is 17.7 Å². The van der Waals surface area contributed by atoms with Crippen LogP contribution >= 0.6 is 0 Å². The van der Waals surface area contributed by atoms with E-state index in [0.717, 1.165) is 0 Å². The number of carbonyl (C=O) groups is 2. The molecule has 0 radical (unpaired) electrons. The number of pyridine rings is 1. The molecule has 2 rings (SSSR count). The zero-order chi connectivity index (χ0) is 13.3.